The molecule has 2 N–H and O–H groups in total. The van der Waals surface area contributed by atoms with Crippen LogP contribution in [0, 0.1) is 11.3 Å². The first-order valence-corrected chi connectivity index (χ1v) is 7.63. The van der Waals surface area contributed by atoms with Gasteiger partial charge in [0.25, 0.3) is 0 Å². The molecule has 0 aliphatic carbocycles. The zero-order chi connectivity index (χ0) is 13.3. The van der Waals surface area contributed by atoms with Gasteiger partial charge in [-0.2, -0.15) is 9.57 Å². The molecular formula is C11H12BrN3O2S. The highest BCUT2D eigenvalue weighted by atomic mass is 79.9. The van der Waals surface area contributed by atoms with Crippen LogP contribution in [0.25, 0.3) is 0 Å². The molecule has 0 spiro atoms. The van der Waals surface area contributed by atoms with Crippen molar-refractivity contribution in [2.75, 3.05) is 13.1 Å². The van der Waals surface area contributed by atoms with Gasteiger partial charge in [0, 0.05) is 23.6 Å². The number of hydrogen-bond acceptors (Lipinski definition) is 4. The number of halogens is 1. The Labute approximate surface area is 114 Å². The van der Waals surface area contributed by atoms with Gasteiger partial charge in [-0.3, -0.25) is 0 Å². The van der Waals surface area contributed by atoms with Gasteiger partial charge < -0.3 is 5.73 Å². The van der Waals surface area contributed by atoms with Crippen molar-refractivity contribution in [1.29, 1.82) is 5.26 Å². The molecule has 0 aromatic heterocycles. The normalized spacial score (nSPS) is 20.8. The van der Waals surface area contributed by atoms with E-state index >= 15 is 0 Å². The van der Waals surface area contributed by atoms with E-state index in [0.29, 0.717) is 29.5 Å². The second-order valence-electron chi connectivity index (χ2n) is 4.20. The minimum atomic E-state index is -3.55. The molecule has 0 saturated carbocycles. The predicted molar refractivity (Wildman–Crippen MR) is 70.2 cm³/mol. The lowest BCUT2D eigenvalue weighted by Gasteiger charge is -2.16. The Bertz CT molecular complexity index is 609. The summed E-state index contributed by atoms with van der Waals surface area (Å²) in [6, 6.07) is 6.29. The molecule has 1 atom stereocenters. The quantitative estimate of drug-likeness (QED) is 0.878. The third kappa shape index (κ3) is 2.57. The van der Waals surface area contributed by atoms with Crippen LogP contribution in [0.1, 0.15) is 12.0 Å². The highest BCUT2D eigenvalue weighted by Gasteiger charge is 2.31. The largest absolute Gasteiger partial charge is 0.326 e. The summed E-state index contributed by atoms with van der Waals surface area (Å²) in [6.07, 6.45) is 0.665. The van der Waals surface area contributed by atoms with Crippen molar-refractivity contribution in [3.05, 3.63) is 28.2 Å². The van der Waals surface area contributed by atoms with E-state index in [-0.39, 0.29) is 10.9 Å². The number of nitriles is 1. The number of hydrogen-bond donors (Lipinski definition) is 1. The number of nitrogens with zero attached hydrogens (tertiary/aromatic N) is 2. The van der Waals surface area contributed by atoms with E-state index in [4.69, 9.17) is 11.0 Å². The molecular weight excluding hydrogens is 318 g/mol. The molecule has 0 bridgehead atoms. The van der Waals surface area contributed by atoms with Crippen LogP contribution >= 0.6 is 15.9 Å². The van der Waals surface area contributed by atoms with Crippen molar-refractivity contribution in [1.82, 2.24) is 4.31 Å². The molecule has 0 radical (unpaired) electrons. The van der Waals surface area contributed by atoms with Crippen molar-refractivity contribution < 1.29 is 8.42 Å². The van der Waals surface area contributed by atoms with E-state index in [2.05, 4.69) is 15.9 Å². The highest BCUT2D eigenvalue weighted by molar-refractivity contribution is 9.10. The summed E-state index contributed by atoms with van der Waals surface area (Å²) in [4.78, 5) is 0.127. The van der Waals surface area contributed by atoms with E-state index in [1.807, 2.05) is 6.07 Å². The third-order valence-corrected chi connectivity index (χ3v) is 5.13. The molecule has 1 aromatic rings. The molecule has 1 fully saturated rings. The first-order chi connectivity index (χ1) is 8.43. The van der Waals surface area contributed by atoms with E-state index < -0.39 is 10.0 Å². The molecule has 1 saturated heterocycles. The Balaban J connectivity index is 2.42. The topological polar surface area (TPSA) is 87.2 Å². The maximum Gasteiger partial charge on any atom is 0.243 e. The Morgan fingerprint density at radius 1 is 1.44 bits per heavy atom. The van der Waals surface area contributed by atoms with Gasteiger partial charge >= 0.3 is 0 Å². The molecule has 1 heterocycles. The van der Waals surface area contributed by atoms with Gasteiger partial charge in [0.05, 0.1) is 16.5 Å². The lowest BCUT2D eigenvalue weighted by Crippen LogP contribution is -2.32. The van der Waals surface area contributed by atoms with Crippen molar-refractivity contribution in [2.24, 2.45) is 5.73 Å². The fraction of sp³-hybridized carbons (Fsp3) is 0.364. The van der Waals surface area contributed by atoms with E-state index in [1.54, 1.807) is 6.07 Å². The van der Waals surface area contributed by atoms with Gasteiger partial charge in [-0.25, -0.2) is 8.42 Å². The molecule has 7 heteroatoms. The summed E-state index contributed by atoms with van der Waals surface area (Å²) in [5.41, 5.74) is 6.03. The van der Waals surface area contributed by atoms with Crippen LogP contribution < -0.4 is 5.73 Å². The number of benzene rings is 1. The van der Waals surface area contributed by atoms with Gasteiger partial charge in [-0.1, -0.05) is 15.9 Å². The fourth-order valence-electron chi connectivity index (χ4n) is 1.90. The summed E-state index contributed by atoms with van der Waals surface area (Å²) in [5.74, 6) is 0. The Hall–Kier alpha value is -0.940. The molecule has 1 unspecified atom stereocenters. The molecule has 1 aliphatic rings. The fourth-order valence-corrected chi connectivity index (χ4v) is 4.13. The molecule has 1 aliphatic heterocycles. The Morgan fingerprint density at radius 2 is 2.17 bits per heavy atom. The van der Waals surface area contributed by atoms with Crippen LogP contribution in [-0.2, 0) is 10.0 Å². The van der Waals surface area contributed by atoms with Crippen molar-refractivity contribution in [3.63, 3.8) is 0 Å². The van der Waals surface area contributed by atoms with Gasteiger partial charge in [0.15, 0.2) is 0 Å². The summed E-state index contributed by atoms with van der Waals surface area (Å²) in [6.45, 7) is 0.759. The van der Waals surface area contributed by atoms with Gasteiger partial charge in [0.2, 0.25) is 10.0 Å². The monoisotopic (exact) mass is 329 g/mol. The van der Waals surface area contributed by atoms with Crippen molar-refractivity contribution in [2.45, 2.75) is 17.4 Å². The Kier molecular flexibility index (Phi) is 3.73. The average Bonchev–Trinajstić information content (AvgIpc) is 2.75. The zero-order valence-corrected chi connectivity index (χ0v) is 11.9. The second kappa shape index (κ2) is 4.97. The minimum absolute atomic E-state index is 0.109. The maximum atomic E-state index is 12.3. The predicted octanol–water partition coefficient (Wildman–Crippen LogP) is 1.04. The lowest BCUT2D eigenvalue weighted by molar-refractivity contribution is 0.472. The standard InChI is InChI=1S/C11H12BrN3O2S/c12-9-3-8(6-13)4-11(5-9)18(16,17)15-2-1-10(14)7-15/h3-5,10H,1-2,7,14H2. The number of nitrogens with two attached hydrogens (primary N) is 1. The molecule has 0 amide bonds. The lowest BCUT2D eigenvalue weighted by atomic mass is 10.2. The molecule has 18 heavy (non-hydrogen) atoms. The van der Waals surface area contributed by atoms with Crippen molar-refractivity contribution in [3.8, 4) is 6.07 Å². The summed E-state index contributed by atoms with van der Waals surface area (Å²) in [7, 11) is -3.55. The summed E-state index contributed by atoms with van der Waals surface area (Å²) >= 11 is 3.21. The van der Waals surface area contributed by atoms with E-state index in [1.165, 1.54) is 16.4 Å². The summed E-state index contributed by atoms with van der Waals surface area (Å²) < 4.78 is 26.6. The van der Waals surface area contributed by atoms with Crippen LogP contribution in [-0.4, -0.2) is 31.9 Å². The van der Waals surface area contributed by atoms with Gasteiger partial charge in [-0.15, -0.1) is 0 Å². The second-order valence-corrected chi connectivity index (χ2v) is 7.05. The van der Waals surface area contributed by atoms with E-state index in [0.717, 1.165) is 0 Å². The van der Waals surface area contributed by atoms with Crippen LogP contribution in [0.2, 0.25) is 0 Å². The van der Waals surface area contributed by atoms with Gasteiger partial charge in [-0.05, 0) is 24.6 Å². The molecule has 5 nitrogen and oxygen atoms in total. The highest BCUT2D eigenvalue weighted by Crippen LogP contribution is 2.24. The smallest absolute Gasteiger partial charge is 0.243 e. The first kappa shape index (κ1) is 13.5. The van der Waals surface area contributed by atoms with E-state index in [9.17, 15) is 8.42 Å². The van der Waals surface area contributed by atoms with Crippen LogP contribution in [0.15, 0.2) is 27.6 Å². The maximum absolute atomic E-state index is 12.3. The zero-order valence-electron chi connectivity index (χ0n) is 9.51. The first-order valence-electron chi connectivity index (χ1n) is 5.40. The van der Waals surface area contributed by atoms with Crippen molar-refractivity contribution >= 4 is 26.0 Å². The Morgan fingerprint density at radius 3 is 2.72 bits per heavy atom. The number of sulfonamides is 1. The van der Waals surface area contributed by atoms with Gasteiger partial charge in [0.1, 0.15) is 0 Å². The van der Waals surface area contributed by atoms with Crippen LogP contribution in [0.4, 0.5) is 0 Å². The minimum Gasteiger partial charge on any atom is -0.326 e. The van der Waals surface area contributed by atoms with Crippen LogP contribution in [0.3, 0.4) is 0 Å². The third-order valence-electron chi connectivity index (χ3n) is 2.83. The molecule has 2 rings (SSSR count). The number of rotatable bonds is 2. The van der Waals surface area contributed by atoms with Crippen LogP contribution in [0.5, 0.6) is 0 Å². The molecule has 96 valence electrons. The SMILES string of the molecule is N#Cc1cc(Br)cc(S(=O)(=O)N2CCC(N)C2)c1. The average molecular weight is 330 g/mol. The summed E-state index contributed by atoms with van der Waals surface area (Å²) in [5, 5.41) is 8.86. The molecule has 1 aromatic carbocycles.